The molecule has 0 radical (unpaired) electrons. The van der Waals surface area contributed by atoms with Crippen LogP contribution < -0.4 is 5.32 Å². The zero-order chi connectivity index (χ0) is 14.5. The number of aliphatic hydroxyl groups excluding tert-OH is 1. The van der Waals surface area contributed by atoms with Gasteiger partial charge in [-0.2, -0.15) is 0 Å². The molecule has 1 heterocycles. The Hall–Kier alpha value is -2.40. The summed E-state index contributed by atoms with van der Waals surface area (Å²) in [6, 6.07) is 8.87. The van der Waals surface area contributed by atoms with E-state index < -0.39 is 0 Å². The summed E-state index contributed by atoms with van der Waals surface area (Å²) in [5, 5.41) is 11.8. The number of aliphatic hydroxyl groups is 1. The number of carbonyl (C=O) groups excluding carboxylic acids is 2. The summed E-state index contributed by atoms with van der Waals surface area (Å²) >= 11 is 0. The molecule has 0 aliphatic carbocycles. The second-order valence-corrected chi connectivity index (χ2v) is 4.52. The lowest BCUT2D eigenvalue weighted by Crippen LogP contribution is -2.23. The fraction of sp³-hybridized carbons (Fsp3) is 0.200. The Morgan fingerprint density at radius 3 is 2.65 bits per heavy atom. The molecule has 2 aromatic rings. The van der Waals surface area contributed by atoms with Gasteiger partial charge in [-0.1, -0.05) is 24.3 Å². The van der Waals surface area contributed by atoms with Crippen LogP contribution >= 0.6 is 0 Å². The van der Waals surface area contributed by atoms with Crippen LogP contribution in [0.5, 0.6) is 0 Å². The van der Waals surface area contributed by atoms with E-state index in [9.17, 15) is 9.59 Å². The minimum absolute atomic E-state index is 0.0274. The predicted molar refractivity (Wildman–Crippen MR) is 74.3 cm³/mol. The van der Waals surface area contributed by atoms with Crippen molar-refractivity contribution in [2.24, 2.45) is 0 Å². The standard InChI is InChI=1S/C15H16N2O3/c1-10(19)13-6-14(16-8-13)15(20)17-7-11-3-2-4-12(5-11)9-18/h2-6,8,16,18H,7,9H2,1H3,(H,17,20). The topological polar surface area (TPSA) is 82.2 Å². The van der Waals surface area contributed by atoms with E-state index in [1.54, 1.807) is 0 Å². The molecule has 0 unspecified atom stereocenters. The van der Waals surface area contributed by atoms with Gasteiger partial charge in [0.1, 0.15) is 5.69 Å². The minimum atomic E-state index is -0.271. The molecule has 0 atom stereocenters. The lowest BCUT2D eigenvalue weighted by atomic mass is 10.1. The van der Waals surface area contributed by atoms with Crippen molar-refractivity contribution in [2.75, 3.05) is 0 Å². The van der Waals surface area contributed by atoms with Crippen LogP contribution in [0.2, 0.25) is 0 Å². The Labute approximate surface area is 116 Å². The van der Waals surface area contributed by atoms with Crippen molar-refractivity contribution in [1.29, 1.82) is 0 Å². The molecular weight excluding hydrogens is 256 g/mol. The molecule has 3 N–H and O–H groups in total. The molecule has 5 nitrogen and oxygen atoms in total. The summed E-state index contributed by atoms with van der Waals surface area (Å²) in [6.45, 7) is 1.78. The molecule has 0 bridgehead atoms. The van der Waals surface area contributed by atoms with Gasteiger partial charge in [-0.15, -0.1) is 0 Å². The third-order valence-corrected chi connectivity index (χ3v) is 2.96. The molecule has 0 fully saturated rings. The zero-order valence-electron chi connectivity index (χ0n) is 11.1. The number of carbonyl (C=O) groups is 2. The highest BCUT2D eigenvalue weighted by Crippen LogP contribution is 2.07. The number of hydrogen-bond donors (Lipinski definition) is 3. The Morgan fingerprint density at radius 2 is 2.00 bits per heavy atom. The van der Waals surface area contributed by atoms with Crippen LogP contribution in [-0.4, -0.2) is 21.8 Å². The van der Waals surface area contributed by atoms with Gasteiger partial charge in [0, 0.05) is 18.3 Å². The van der Waals surface area contributed by atoms with E-state index >= 15 is 0 Å². The first kappa shape index (κ1) is 14.0. The normalized spacial score (nSPS) is 10.3. The van der Waals surface area contributed by atoms with E-state index in [0.717, 1.165) is 11.1 Å². The molecule has 20 heavy (non-hydrogen) atoms. The number of aromatic amines is 1. The Bertz CT molecular complexity index is 632. The average Bonchev–Trinajstić information content (AvgIpc) is 2.95. The van der Waals surface area contributed by atoms with Crippen molar-refractivity contribution in [3.8, 4) is 0 Å². The minimum Gasteiger partial charge on any atom is -0.392 e. The van der Waals surface area contributed by atoms with Gasteiger partial charge < -0.3 is 15.4 Å². The molecule has 0 spiro atoms. The van der Waals surface area contributed by atoms with E-state index in [0.29, 0.717) is 17.8 Å². The third kappa shape index (κ3) is 3.33. The first-order valence-electron chi connectivity index (χ1n) is 6.26. The van der Waals surface area contributed by atoms with Gasteiger partial charge in [0.05, 0.1) is 6.61 Å². The number of Topliss-reactive ketones (excluding diaryl/α,β-unsaturated/α-hetero) is 1. The third-order valence-electron chi connectivity index (χ3n) is 2.96. The smallest absolute Gasteiger partial charge is 0.267 e. The van der Waals surface area contributed by atoms with Crippen LogP contribution in [0.1, 0.15) is 38.9 Å². The summed E-state index contributed by atoms with van der Waals surface area (Å²) in [5.41, 5.74) is 2.55. The van der Waals surface area contributed by atoms with E-state index in [-0.39, 0.29) is 18.3 Å². The van der Waals surface area contributed by atoms with Gasteiger partial charge in [0.25, 0.3) is 5.91 Å². The highest BCUT2D eigenvalue weighted by atomic mass is 16.3. The van der Waals surface area contributed by atoms with Crippen LogP contribution in [0.15, 0.2) is 36.5 Å². The van der Waals surface area contributed by atoms with E-state index in [2.05, 4.69) is 10.3 Å². The zero-order valence-corrected chi connectivity index (χ0v) is 11.1. The summed E-state index contributed by atoms with van der Waals surface area (Å²) in [4.78, 5) is 25.8. The molecular formula is C15H16N2O3. The first-order valence-corrected chi connectivity index (χ1v) is 6.26. The van der Waals surface area contributed by atoms with Gasteiger partial charge in [-0.05, 0) is 24.1 Å². The number of H-pyrrole nitrogens is 1. The molecule has 0 saturated carbocycles. The van der Waals surface area contributed by atoms with Gasteiger partial charge in [0.2, 0.25) is 0 Å². The number of benzene rings is 1. The number of hydrogen-bond acceptors (Lipinski definition) is 3. The number of rotatable bonds is 5. The summed E-state index contributed by atoms with van der Waals surface area (Å²) in [6.07, 6.45) is 1.52. The average molecular weight is 272 g/mol. The molecule has 104 valence electrons. The van der Waals surface area contributed by atoms with Crippen LogP contribution in [-0.2, 0) is 13.2 Å². The van der Waals surface area contributed by atoms with Crippen LogP contribution in [0, 0.1) is 0 Å². The van der Waals surface area contributed by atoms with Gasteiger partial charge in [-0.3, -0.25) is 9.59 Å². The lowest BCUT2D eigenvalue weighted by molar-refractivity contribution is 0.0946. The van der Waals surface area contributed by atoms with Gasteiger partial charge >= 0.3 is 0 Å². The van der Waals surface area contributed by atoms with Crippen molar-refractivity contribution in [3.05, 3.63) is 58.9 Å². The number of ketones is 1. The van der Waals surface area contributed by atoms with Crippen molar-refractivity contribution < 1.29 is 14.7 Å². The molecule has 0 aliphatic rings. The monoisotopic (exact) mass is 272 g/mol. The second kappa shape index (κ2) is 6.16. The molecule has 1 aromatic carbocycles. The molecule has 0 saturated heterocycles. The van der Waals surface area contributed by atoms with Crippen LogP contribution in [0.3, 0.4) is 0 Å². The molecule has 1 amide bonds. The van der Waals surface area contributed by atoms with Crippen molar-refractivity contribution in [2.45, 2.75) is 20.1 Å². The number of aromatic nitrogens is 1. The highest BCUT2D eigenvalue weighted by Gasteiger charge is 2.10. The second-order valence-electron chi connectivity index (χ2n) is 4.52. The first-order chi connectivity index (χ1) is 9.60. The maximum atomic E-state index is 11.9. The van der Waals surface area contributed by atoms with Gasteiger partial charge in [-0.25, -0.2) is 0 Å². The maximum Gasteiger partial charge on any atom is 0.267 e. The summed E-state index contributed by atoms with van der Waals surface area (Å²) < 4.78 is 0. The molecule has 2 rings (SSSR count). The van der Waals surface area contributed by atoms with E-state index in [1.165, 1.54) is 19.2 Å². The molecule has 5 heteroatoms. The Morgan fingerprint density at radius 1 is 1.25 bits per heavy atom. The van der Waals surface area contributed by atoms with Crippen molar-refractivity contribution in [1.82, 2.24) is 10.3 Å². The maximum absolute atomic E-state index is 11.9. The summed E-state index contributed by atoms with van der Waals surface area (Å²) in [7, 11) is 0. The van der Waals surface area contributed by atoms with E-state index in [4.69, 9.17) is 5.11 Å². The highest BCUT2D eigenvalue weighted by molar-refractivity contribution is 5.99. The quantitative estimate of drug-likeness (QED) is 0.724. The summed E-state index contributed by atoms with van der Waals surface area (Å²) in [5.74, 6) is -0.358. The van der Waals surface area contributed by atoms with Crippen molar-refractivity contribution >= 4 is 11.7 Å². The fourth-order valence-electron chi connectivity index (χ4n) is 1.84. The Kier molecular flexibility index (Phi) is 4.32. The predicted octanol–water partition coefficient (Wildman–Crippen LogP) is 1.64. The SMILES string of the molecule is CC(=O)c1c[nH]c(C(=O)NCc2cccc(CO)c2)c1. The molecule has 0 aliphatic heterocycles. The van der Waals surface area contributed by atoms with Crippen LogP contribution in [0.4, 0.5) is 0 Å². The largest absolute Gasteiger partial charge is 0.392 e. The van der Waals surface area contributed by atoms with E-state index in [1.807, 2.05) is 24.3 Å². The van der Waals surface area contributed by atoms with Gasteiger partial charge in [0.15, 0.2) is 5.78 Å². The lowest BCUT2D eigenvalue weighted by Gasteiger charge is -2.05. The number of amides is 1. The van der Waals surface area contributed by atoms with Crippen molar-refractivity contribution in [3.63, 3.8) is 0 Å². The number of nitrogens with one attached hydrogen (secondary N) is 2. The molecule has 1 aromatic heterocycles. The fourth-order valence-corrected chi connectivity index (χ4v) is 1.84. The van der Waals surface area contributed by atoms with Crippen LogP contribution in [0.25, 0.3) is 0 Å². The Balaban J connectivity index is 1.98.